The Hall–Kier alpha value is -0.610. The number of piperidine rings is 1. The third-order valence-electron chi connectivity index (χ3n) is 7.16. The Labute approximate surface area is 200 Å². The summed E-state index contributed by atoms with van der Waals surface area (Å²) in [5, 5.41) is 7.17. The first-order chi connectivity index (χ1) is 14.1. The maximum atomic E-state index is 11.5. The molecular weight excluding hydrogens is 491 g/mol. The van der Waals surface area contributed by atoms with Crippen LogP contribution in [0.25, 0.3) is 0 Å². The molecule has 2 saturated heterocycles. The number of likely N-dealkylation sites (tertiary alicyclic amines) is 1. The van der Waals surface area contributed by atoms with E-state index in [0.717, 1.165) is 51.8 Å². The van der Waals surface area contributed by atoms with Gasteiger partial charge in [-0.2, -0.15) is 0 Å². The Kier molecular flexibility index (Phi) is 11.2. The highest BCUT2D eigenvalue weighted by atomic mass is 127. The number of guanidine groups is 1. The number of carbonyl (C=O) groups is 1. The minimum Gasteiger partial charge on any atom is -0.355 e. The van der Waals surface area contributed by atoms with Crippen LogP contribution in [0.2, 0.25) is 0 Å². The zero-order valence-electron chi connectivity index (χ0n) is 19.1. The largest absolute Gasteiger partial charge is 0.355 e. The minimum atomic E-state index is 0. The highest BCUT2D eigenvalue weighted by molar-refractivity contribution is 14.0. The van der Waals surface area contributed by atoms with Gasteiger partial charge >= 0.3 is 0 Å². The lowest BCUT2D eigenvalue weighted by Gasteiger charge is -2.48. The van der Waals surface area contributed by atoms with Crippen LogP contribution < -0.4 is 10.6 Å². The molecule has 1 aliphatic carbocycles. The van der Waals surface area contributed by atoms with Gasteiger partial charge in [0.05, 0.1) is 0 Å². The molecule has 0 atom stereocenters. The molecule has 7 nitrogen and oxygen atoms in total. The lowest BCUT2D eigenvalue weighted by molar-refractivity contribution is -0.130. The summed E-state index contributed by atoms with van der Waals surface area (Å²) in [5.41, 5.74) is 0.319. The van der Waals surface area contributed by atoms with Crippen molar-refractivity contribution in [2.45, 2.75) is 63.8 Å². The minimum absolute atomic E-state index is 0. The molecule has 0 unspecified atom stereocenters. The standard InChI is InChI=1S/C22H42N6O.HI/c1-20(29)27-17-15-26(16-18-27)14-11-24-21(23-2)25-19-22(9-5-3-6-10-22)28-12-7-4-8-13-28;/h3-19H2,1-2H3,(H2,23,24,25);1H. The Balaban J connectivity index is 0.00000320. The first kappa shape index (κ1) is 25.6. The molecule has 1 saturated carbocycles. The second-order valence-corrected chi connectivity index (χ2v) is 9.03. The Bertz CT molecular complexity index is 538. The Morgan fingerprint density at radius 2 is 1.53 bits per heavy atom. The number of hydrogen-bond acceptors (Lipinski definition) is 4. The van der Waals surface area contributed by atoms with Crippen LogP contribution in [0.5, 0.6) is 0 Å². The predicted molar refractivity (Wildman–Crippen MR) is 135 cm³/mol. The molecule has 2 N–H and O–H groups in total. The van der Waals surface area contributed by atoms with Crippen molar-refractivity contribution in [1.82, 2.24) is 25.3 Å². The van der Waals surface area contributed by atoms with E-state index in [1.807, 2.05) is 11.9 Å². The molecule has 0 radical (unpaired) electrons. The summed E-state index contributed by atoms with van der Waals surface area (Å²) >= 11 is 0. The monoisotopic (exact) mass is 534 g/mol. The topological polar surface area (TPSA) is 63.2 Å². The van der Waals surface area contributed by atoms with Crippen LogP contribution in [0.15, 0.2) is 4.99 Å². The van der Waals surface area contributed by atoms with Crippen LogP contribution in [0, 0.1) is 0 Å². The molecule has 30 heavy (non-hydrogen) atoms. The quantitative estimate of drug-likeness (QED) is 0.311. The highest BCUT2D eigenvalue weighted by Crippen LogP contribution is 2.35. The molecule has 0 aromatic heterocycles. The number of halogens is 1. The first-order valence-corrected chi connectivity index (χ1v) is 11.8. The van der Waals surface area contributed by atoms with Gasteiger partial charge in [0.15, 0.2) is 5.96 Å². The summed E-state index contributed by atoms with van der Waals surface area (Å²) in [6, 6.07) is 0. The third kappa shape index (κ3) is 7.22. The van der Waals surface area contributed by atoms with Crippen molar-refractivity contribution < 1.29 is 4.79 Å². The number of nitrogens with one attached hydrogen (secondary N) is 2. The third-order valence-corrected chi connectivity index (χ3v) is 7.16. The fourth-order valence-electron chi connectivity index (χ4n) is 5.27. The molecule has 8 heteroatoms. The van der Waals surface area contributed by atoms with Crippen LogP contribution in [-0.4, -0.2) is 98.1 Å². The van der Waals surface area contributed by atoms with Gasteiger partial charge in [0.25, 0.3) is 0 Å². The van der Waals surface area contributed by atoms with E-state index < -0.39 is 0 Å². The molecule has 174 valence electrons. The van der Waals surface area contributed by atoms with Crippen LogP contribution in [0.3, 0.4) is 0 Å². The predicted octanol–water partition coefficient (Wildman–Crippen LogP) is 2.12. The highest BCUT2D eigenvalue weighted by Gasteiger charge is 2.38. The van der Waals surface area contributed by atoms with E-state index >= 15 is 0 Å². The van der Waals surface area contributed by atoms with Crippen molar-refractivity contribution in [2.75, 3.05) is 66.0 Å². The zero-order valence-corrected chi connectivity index (χ0v) is 21.5. The number of rotatable bonds is 6. The van der Waals surface area contributed by atoms with Crippen LogP contribution in [0.4, 0.5) is 0 Å². The number of amides is 1. The fraction of sp³-hybridized carbons (Fsp3) is 0.909. The summed E-state index contributed by atoms with van der Waals surface area (Å²) < 4.78 is 0. The molecule has 0 aromatic carbocycles. The van der Waals surface area contributed by atoms with Crippen molar-refractivity contribution in [1.29, 1.82) is 0 Å². The van der Waals surface area contributed by atoms with Crippen molar-refractivity contribution >= 4 is 35.8 Å². The van der Waals surface area contributed by atoms with E-state index in [9.17, 15) is 4.79 Å². The first-order valence-electron chi connectivity index (χ1n) is 11.8. The zero-order chi connectivity index (χ0) is 20.5. The smallest absolute Gasteiger partial charge is 0.219 e. The van der Waals surface area contributed by atoms with Crippen molar-refractivity contribution in [3.8, 4) is 0 Å². The number of aliphatic imine (C=N–C) groups is 1. The molecule has 0 bridgehead atoms. The molecule has 2 aliphatic heterocycles. The second-order valence-electron chi connectivity index (χ2n) is 9.03. The molecule has 2 heterocycles. The summed E-state index contributed by atoms with van der Waals surface area (Å²) in [6.07, 6.45) is 10.8. The van der Waals surface area contributed by atoms with Crippen LogP contribution in [0.1, 0.15) is 58.3 Å². The summed E-state index contributed by atoms with van der Waals surface area (Å²) in [6.45, 7) is 10.7. The number of hydrogen-bond donors (Lipinski definition) is 2. The molecule has 1 amide bonds. The Morgan fingerprint density at radius 1 is 0.900 bits per heavy atom. The van der Waals surface area contributed by atoms with E-state index in [-0.39, 0.29) is 29.9 Å². The summed E-state index contributed by atoms with van der Waals surface area (Å²) in [5.74, 6) is 1.12. The van der Waals surface area contributed by atoms with Crippen LogP contribution in [-0.2, 0) is 4.79 Å². The van der Waals surface area contributed by atoms with Crippen molar-refractivity contribution in [3.63, 3.8) is 0 Å². The lowest BCUT2D eigenvalue weighted by Crippen LogP contribution is -2.59. The van der Waals surface area contributed by atoms with E-state index in [1.54, 1.807) is 6.92 Å². The van der Waals surface area contributed by atoms with Gasteiger partial charge in [-0.25, -0.2) is 0 Å². The molecular formula is C22H43IN6O. The van der Waals surface area contributed by atoms with Gasteiger partial charge in [-0.1, -0.05) is 25.7 Å². The van der Waals surface area contributed by atoms with E-state index in [4.69, 9.17) is 0 Å². The second kappa shape index (κ2) is 13.1. The van der Waals surface area contributed by atoms with Crippen molar-refractivity contribution in [2.24, 2.45) is 4.99 Å². The average Bonchev–Trinajstić information content (AvgIpc) is 2.77. The van der Waals surface area contributed by atoms with Gasteiger partial charge in [-0.05, 0) is 38.8 Å². The van der Waals surface area contributed by atoms with Gasteiger partial charge in [0.2, 0.25) is 5.91 Å². The molecule has 3 aliphatic rings. The molecule has 3 fully saturated rings. The molecule has 0 aromatic rings. The normalized spacial score (nSPS) is 23.5. The van der Waals surface area contributed by atoms with E-state index in [0.29, 0.717) is 5.54 Å². The lowest BCUT2D eigenvalue weighted by atomic mass is 9.79. The SMILES string of the molecule is CN=C(NCCN1CCN(C(C)=O)CC1)NCC1(N2CCCCC2)CCCCC1.I. The Morgan fingerprint density at radius 3 is 2.13 bits per heavy atom. The van der Waals surface area contributed by atoms with Crippen molar-refractivity contribution in [3.05, 3.63) is 0 Å². The van der Waals surface area contributed by atoms with Gasteiger partial charge in [0, 0.05) is 65.3 Å². The summed E-state index contributed by atoms with van der Waals surface area (Å²) in [4.78, 5) is 23.1. The maximum Gasteiger partial charge on any atom is 0.219 e. The van der Waals surface area contributed by atoms with Gasteiger partial charge in [-0.15, -0.1) is 24.0 Å². The summed E-state index contributed by atoms with van der Waals surface area (Å²) in [7, 11) is 1.87. The fourth-order valence-corrected chi connectivity index (χ4v) is 5.27. The number of nitrogens with zero attached hydrogens (tertiary/aromatic N) is 4. The maximum absolute atomic E-state index is 11.5. The molecule has 0 spiro atoms. The number of piperazine rings is 1. The number of carbonyl (C=O) groups excluding carboxylic acids is 1. The van der Waals surface area contributed by atoms with E-state index in [1.165, 1.54) is 64.5 Å². The molecule has 3 rings (SSSR count). The average molecular weight is 535 g/mol. The van der Waals surface area contributed by atoms with Gasteiger partial charge in [0.1, 0.15) is 0 Å². The van der Waals surface area contributed by atoms with Gasteiger partial charge in [-0.3, -0.25) is 19.6 Å². The van der Waals surface area contributed by atoms with E-state index in [2.05, 4.69) is 25.4 Å². The van der Waals surface area contributed by atoms with Crippen LogP contribution >= 0.6 is 24.0 Å². The van der Waals surface area contributed by atoms with Gasteiger partial charge < -0.3 is 15.5 Å².